The lowest BCUT2D eigenvalue weighted by Crippen LogP contribution is -2.56. The Bertz CT molecular complexity index is 1370. The number of nitrogens with one attached hydrogen (secondary N) is 2. The topological polar surface area (TPSA) is 144 Å². The van der Waals surface area contributed by atoms with E-state index in [1.54, 1.807) is 18.2 Å². The zero-order valence-corrected chi connectivity index (χ0v) is 19.1. The summed E-state index contributed by atoms with van der Waals surface area (Å²) >= 11 is 0. The number of hydrogen-bond acceptors (Lipinski definition) is 8. The number of carbonyl (C=O) groups excluding carboxylic acids is 1. The molecule has 0 saturated carbocycles. The number of anilines is 2. The van der Waals surface area contributed by atoms with Crippen LogP contribution in [0.5, 0.6) is 5.75 Å². The van der Waals surface area contributed by atoms with E-state index < -0.39 is 30.6 Å². The van der Waals surface area contributed by atoms with E-state index in [1.807, 2.05) is 6.07 Å². The first kappa shape index (κ1) is 24.7. The third kappa shape index (κ3) is 5.47. The number of nitrogens with zero attached hydrogens (tertiary/aromatic N) is 4. The first-order valence-electron chi connectivity index (χ1n) is 11.0. The van der Waals surface area contributed by atoms with Crippen LogP contribution in [-0.4, -0.2) is 62.1 Å². The summed E-state index contributed by atoms with van der Waals surface area (Å²) in [6.45, 7) is 0.336. The number of pyridine rings is 1. The summed E-state index contributed by atoms with van der Waals surface area (Å²) in [4.78, 5) is 35.3. The highest BCUT2D eigenvalue weighted by atomic mass is 19.3. The largest absolute Gasteiger partial charge is 0.483 e. The Labute approximate surface area is 204 Å². The van der Waals surface area contributed by atoms with Crippen LogP contribution in [0.2, 0.25) is 0 Å². The van der Waals surface area contributed by atoms with Crippen molar-refractivity contribution in [2.75, 3.05) is 18.4 Å². The van der Waals surface area contributed by atoms with Crippen molar-refractivity contribution in [3.05, 3.63) is 64.7 Å². The average Bonchev–Trinajstić information content (AvgIpc) is 2.85. The number of aliphatic hydroxyl groups excluding tert-OH is 1. The molecule has 0 radical (unpaired) electrons. The number of amides is 1. The minimum absolute atomic E-state index is 0.00600. The molecule has 10 nitrogen and oxygen atoms in total. The number of aliphatic hydroxyl groups is 1. The van der Waals surface area contributed by atoms with Crippen LogP contribution in [0.1, 0.15) is 18.9 Å². The highest BCUT2D eigenvalue weighted by Crippen LogP contribution is 2.34. The zero-order valence-electron chi connectivity index (χ0n) is 19.1. The van der Waals surface area contributed by atoms with Crippen LogP contribution < -0.4 is 15.6 Å². The Balaban J connectivity index is 1.52. The van der Waals surface area contributed by atoms with Crippen LogP contribution >= 0.6 is 0 Å². The minimum atomic E-state index is -3.37. The monoisotopic (exact) mass is 496 g/mol. The molecule has 0 spiro atoms. The predicted molar refractivity (Wildman–Crippen MR) is 125 cm³/mol. The lowest BCUT2D eigenvalue weighted by molar-refractivity contribution is -0.165. The molecule has 3 aromatic rings. The van der Waals surface area contributed by atoms with Crippen molar-refractivity contribution in [2.45, 2.75) is 31.5 Å². The first-order chi connectivity index (χ1) is 17.2. The van der Waals surface area contributed by atoms with Crippen LogP contribution in [0, 0.1) is 11.3 Å². The maximum atomic E-state index is 14.7. The van der Waals surface area contributed by atoms with E-state index in [2.05, 4.69) is 20.3 Å². The highest BCUT2D eigenvalue weighted by Gasteiger charge is 2.48. The van der Waals surface area contributed by atoms with Gasteiger partial charge >= 0.3 is 5.92 Å². The molecule has 0 aliphatic carbocycles. The number of likely N-dealkylation sites (tertiary alicyclic amines) is 1. The molecule has 1 saturated heterocycles. The van der Waals surface area contributed by atoms with E-state index in [0.29, 0.717) is 16.9 Å². The van der Waals surface area contributed by atoms with Gasteiger partial charge in [0.25, 0.3) is 5.91 Å². The number of H-pyrrole nitrogens is 1. The van der Waals surface area contributed by atoms with Crippen LogP contribution in [0.25, 0.3) is 11.3 Å². The van der Waals surface area contributed by atoms with Crippen molar-refractivity contribution in [3.8, 4) is 23.1 Å². The predicted octanol–water partition coefficient (Wildman–Crippen LogP) is 2.44. The number of rotatable bonds is 6. The molecular formula is C24H22F2N6O4. The normalized spacial score (nSPS) is 17.6. The third-order valence-corrected chi connectivity index (χ3v) is 5.55. The zero-order chi connectivity index (χ0) is 25.9. The van der Waals surface area contributed by atoms with Crippen LogP contribution in [0.15, 0.2) is 53.6 Å². The highest BCUT2D eigenvalue weighted by molar-refractivity contribution is 5.80. The molecule has 2 atom stereocenters. The van der Waals surface area contributed by atoms with Gasteiger partial charge in [0.2, 0.25) is 11.5 Å². The molecule has 4 rings (SSSR count). The molecule has 3 N–H and O–H groups in total. The molecule has 1 aromatic carbocycles. The van der Waals surface area contributed by atoms with Gasteiger partial charge in [0, 0.05) is 42.7 Å². The van der Waals surface area contributed by atoms with E-state index in [9.17, 15) is 28.7 Å². The number of alkyl halides is 2. The Morgan fingerprint density at radius 2 is 2.17 bits per heavy atom. The minimum Gasteiger partial charge on any atom is -0.483 e. The number of benzene rings is 1. The van der Waals surface area contributed by atoms with Gasteiger partial charge in [0.05, 0.1) is 17.8 Å². The Morgan fingerprint density at radius 1 is 1.36 bits per heavy atom. The van der Waals surface area contributed by atoms with Gasteiger partial charge in [-0.25, -0.2) is 18.7 Å². The second kappa shape index (κ2) is 10.1. The number of aromatic nitrogens is 3. The van der Waals surface area contributed by atoms with Crippen molar-refractivity contribution in [3.63, 3.8) is 0 Å². The van der Waals surface area contributed by atoms with Gasteiger partial charge in [0.1, 0.15) is 17.9 Å². The van der Waals surface area contributed by atoms with Crippen molar-refractivity contribution in [2.24, 2.45) is 0 Å². The first-order valence-corrected chi connectivity index (χ1v) is 11.0. The molecule has 1 amide bonds. The quantitative estimate of drug-likeness (QED) is 0.472. The summed E-state index contributed by atoms with van der Waals surface area (Å²) in [6.07, 6.45) is -0.107. The molecule has 12 heteroatoms. The number of aromatic amines is 1. The van der Waals surface area contributed by atoms with Crippen LogP contribution in [0.4, 0.5) is 20.4 Å². The van der Waals surface area contributed by atoms with Gasteiger partial charge in [-0.3, -0.25) is 9.59 Å². The second-order valence-electron chi connectivity index (χ2n) is 8.25. The van der Waals surface area contributed by atoms with Crippen molar-refractivity contribution >= 4 is 17.5 Å². The smallest absolute Gasteiger partial charge is 0.301 e. The van der Waals surface area contributed by atoms with Crippen molar-refractivity contribution < 1.29 is 23.4 Å². The second-order valence-corrected chi connectivity index (χ2v) is 8.25. The molecule has 1 aliphatic rings. The van der Waals surface area contributed by atoms with Crippen molar-refractivity contribution in [1.29, 1.82) is 5.26 Å². The fraction of sp³-hybridized carbons (Fsp3) is 0.292. The molecule has 36 heavy (non-hydrogen) atoms. The SMILES string of the molecule is CC(O)C(=O)N1CC[C@@H](Oc2ccc(-c3ccnc(Nc4cc[nH]c(=O)c4)n3)cc2C#N)C(F)(F)C1. The average molecular weight is 496 g/mol. The number of piperidine rings is 1. The Morgan fingerprint density at radius 3 is 2.86 bits per heavy atom. The van der Waals surface area contributed by atoms with E-state index in [1.165, 1.54) is 37.5 Å². The number of hydrogen-bond donors (Lipinski definition) is 3. The van der Waals surface area contributed by atoms with Crippen LogP contribution in [-0.2, 0) is 4.79 Å². The van der Waals surface area contributed by atoms with Gasteiger partial charge in [-0.15, -0.1) is 0 Å². The summed E-state index contributed by atoms with van der Waals surface area (Å²) in [7, 11) is 0. The molecule has 1 fully saturated rings. The van der Waals surface area contributed by atoms with E-state index in [-0.39, 0.29) is 35.8 Å². The molecule has 0 bridgehead atoms. The fourth-order valence-corrected chi connectivity index (χ4v) is 3.78. The fourth-order valence-electron chi connectivity index (χ4n) is 3.78. The Hall–Kier alpha value is -4.37. The lowest BCUT2D eigenvalue weighted by atomic mass is 10.0. The summed E-state index contributed by atoms with van der Waals surface area (Å²) < 4.78 is 35.0. The molecule has 1 aliphatic heterocycles. The molecular weight excluding hydrogens is 474 g/mol. The number of carbonyl (C=O) groups is 1. The summed E-state index contributed by atoms with van der Waals surface area (Å²) in [5.41, 5.74) is 1.21. The molecule has 186 valence electrons. The molecule has 2 aromatic heterocycles. The standard InChI is InChI=1S/C24H22F2N6O4/c1-14(33)22(35)32-9-6-20(24(25,26)13-32)36-19-3-2-15(10-16(19)12-27)18-5-8-29-23(31-18)30-17-4-7-28-21(34)11-17/h2-5,7-8,10-11,14,20,33H,6,9,13H2,1H3,(H2,28,29,30,31,34)/t14?,20-/m1/s1. The lowest BCUT2D eigenvalue weighted by Gasteiger charge is -2.38. The summed E-state index contributed by atoms with van der Waals surface area (Å²) in [6, 6.07) is 11.0. The van der Waals surface area contributed by atoms with Gasteiger partial charge in [-0.1, -0.05) is 0 Å². The van der Waals surface area contributed by atoms with E-state index >= 15 is 0 Å². The molecule has 1 unspecified atom stereocenters. The van der Waals surface area contributed by atoms with E-state index in [4.69, 9.17) is 4.74 Å². The molecule has 3 heterocycles. The summed E-state index contributed by atoms with van der Waals surface area (Å²) in [5.74, 6) is -3.94. The maximum Gasteiger partial charge on any atom is 0.301 e. The van der Waals surface area contributed by atoms with Crippen LogP contribution in [0.3, 0.4) is 0 Å². The van der Waals surface area contributed by atoms with Crippen molar-refractivity contribution in [1.82, 2.24) is 19.9 Å². The number of halogens is 2. The van der Waals surface area contributed by atoms with Gasteiger partial charge < -0.3 is 25.0 Å². The van der Waals surface area contributed by atoms with Gasteiger partial charge in [0.15, 0.2) is 6.10 Å². The number of nitriles is 1. The summed E-state index contributed by atoms with van der Waals surface area (Å²) in [5, 5.41) is 21.9. The van der Waals surface area contributed by atoms with Gasteiger partial charge in [-0.05, 0) is 37.3 Å². The third-order valence-electron chi connectivity index (χ3n) is 5.55. The maximum absolute atomic E-state index is 14.7. The van der Waals surface area contributed by atoms with E-state index in [0.717, 1.165) is 4.90 Å². The number of ether oxygens (including phenoxy) is 1. The van der Waals surface area contributed by atoms with Gasteiger partial charge in [-0.2, -0.15) is 5.26 Å². The Kier molecular flexibility index (Phi) is 6.93.